The summed E-state index contributed by atoms with van der Waals surface area (Å²) in [5.41, 5.74) is 8.61. The number of hydrogen-bond acceptors (Lipinski definition) is 4. The fraction of sp³-hybridized carbons (Fsp3) is 0.286. The van der Waals surface area contributed by atoms with Gasteiger partial charge >= 0.3 is 0 Å². The fourth-order valence-corrected chi connectivity index (χ4v) is 3.47. The zero-order valence-corrected chi connectivity index (χ0v) is 16.7. The molecule has 0 saturated heterocycles. The number of hydrogen-bond donors (Lipinski definition) is 2. The highest BCUT2D eigenvalue weighted by Gasteiger charge is 2.31. The Balaban J connectivity index is 0.000000516. The van der Waals surface area contributed by atoms with E-state index in [-0.39, 0.29) is 16.0 Å². The van der Waals surface area contributed by atoms with E-state index in [1.165, 1.54) is 12.2 Å². The van der Waals surface area contributed by atoms with Gasteiger partial charge in [-0.25, -0.2) is 9.37 Å². The largest absolute Gasteiger partial charge is 0.490 e. The molecule has 2 aliphatic rings. The molecular weight excluding hydrogens is 402 g/mol. The highest BCUT2D eigenvalue weighted by molar-refractivity contribution is 6.43. The molecule has 1 aromatic heterocycles. The molecule has 1 aromatic carbocycles. The van der Waals surface area contributed by atoms with Gasteiger partial charge in [-0.1, -0.05) is 36.7 Å². The molecule has 0 bridgehead atoms. The first kappa shape index (κ1) is 20.3. The minimum absolute atomic E-state index is 0.0952. The van der Waals surface area contributed by atoms with Crippen molar-refractivity contribution in [2.45, 2.75) is 25.7 Å². The molecule has 1 atom stereocenters. The summed E-state index contributed by atoms with van der Waals surface area (Å²) < 4.78 is 19.5. The molecule has 146 valence electrons. The van der Waals surface area contributed by atoms with Gasteiger partial charge in [-0.05, 0) is 42.5 Å². The molecule has 0 amide bonds. The van der Waals surface area contributed by atoms with Gasteiger partial charge in [0.15, 0.2) is 0 Å². The van der Waals surface area contributed by atoms with E-state index in [0.29, 0.717) is 29.5 Å². The predicted molar refractivity (Wildman–Crippen MR) is 109 cm³/mol. The van der Waals surface area contributed by atoms with Crippen molar-refractivity contribution in [1.29, 1.82) is 0 Å². The van der Waals surface area contributed by atoms with Gasteiger partial charge in [0, 0.05) is 23.1 Å². The molecule has 0 radical (unpaired) electrons. The summed E-state index contributed by atoms with van der Waals surface area (Å²) in [6.45, 7) is 6.91. The normalized spacial score (nSPS) is 16.8. The molecule has 1 unspecified atom stereocenters. The molecule has 2 heterocycles. The zero-order valence-electron chi connectivity index (χ0n) is 15.2. The molecule has 28 heavy (non-hydrogen) atoms. The number of aromatic nitrogens is 1. The Morgan fingerprint density at radius 3 is 2.64 bits per heavy atom. The minimum atomic E-state index is -0.546. The van der Waals surface area contributed by atoms with Gasteiger partial charge in [0.1, 0.15) is 23.4 Å². The monoisotopic (exact) mass is 420 g/mol. The maximum atomic E-state index is 13.7. The third-order valence-corrected chi connectivity index (χ3v) is 5.62. The maximum absolute atomic E-state index is 13.7. The molecule has 1 saturated carbocycles. The molecular formula is C21H19Cl2FN2O2. The summed E-state index contributed by atoms with van der Waals surface area (Å²) in [7, 11) is 0. The third kappa shape index (κ3) is 3.89. The van der Waals surface area contributed by atoms with Crippen molar-refractivity contribution < 1.29 is 14.2 Å². The number of pyridine rings is 1. The van der Waals surface area contributed by atoms with Crippen molar-refractivity contribution in [3.8, 4) is 29.2 Å². The Labute approximate surface area is 173 Å². The second kappa shape index (κ2) is 8.30. The van der Waals surface area contributed by atoms with Crippen LogP contribution in [0.3, 0.4) is 0 Å². The summed E-state index contributed by atoms with van der Waals surface area (Å²) in [6, 6.07) is 6.71. The molecule has 3 N–H and O–H groups in total. The molecule has 1 aliphatic carbocycles. The number of halogens is 3. The van der Waals surface area contributed by atoms with Crippen LogP contribution in [0.1, 0.15) is 36.9 Å². The van der Waals surface area contributed by atoms with Gasteiger partial charge in [-0.3, -0.25) is 0 Å². The van der Waals surface area contributed by atoms with E-state index in [0.717, 1.165) is 29.7 Å². The number of nitrogens with two attached hydrogens (primary N) is 1. The van der Waals surface area contributed by atoms with Gasteiger partial charge in [0.2, 0.25) is 0 Å². The fourth-order valence-electron chi connectivity index (χ4n) is 3.07. The summed E-state index contributed by atoms with van der Waals surface area (Å²) in [4.78, 5) is 4.75. The first-order chi connectivity index (χ1) is 13.4. The summed E-state index contributed by atoms with van der Waals surface area (Å²) in [5.74, 6) is 0.935. The summed E-state index contributed by atoms with van der Waals surface area (Å²) in [5, 5.41) is 7.45. The molecule has 0 spiro atoms. The van der Waals surface area contributed by atoms with Crippen molar-refractivity contribution in [3.63, 3.8) is 0 Å². The SMILES string of the molecule is C=C(c1cc2c(c(-c3ccc(F)c(Cl)c3Cl)n1)OCC2C)C1CC1.NC#CO. The Kier molecular flexibility index (Phi) is 6.02. The van der Waals surface area contributed by atoms with Crippen LogP contribution in [0, 0.1) is 23.9 Å². The van der Waals surface area contributed by atoms with E-state index in [4.69, 9.17) is 38.0 Å². The Bertz CT molecular complexity index is 988. The molecule has 4 rings (SSSR count). The van der Waals surface area contributed by atoms with Crippen LogP contribution in [0.5, 0.6) is 5.75 Å². The van der Waals surface area contributed by atoms with E-state index >= 15 is 0 Å². The number of fused-ring (bicyclic) bond motifs is 1. The van der Waals surface area contributed by atoms with Crippen LogP contribution in [-0.2, 0) is 0 Å². The topological polar surface area (TPSA) is 68.4 Å². The van der Waals surface area contributed by atoms with Crippen LogP contribution in [-0.4, -0.2) is 16.7 Å². The first-order valence-corrected chi connectivity index (χ1v) is 9.50. The smallest absolute Gasteiger partial charge is 0.149 e. The Morgan fingerprint density at radius 1 is 1.36 bits per heavy atom. The number of allylic oxidation sites excluding steroid dienone is 1. The minimum Gasteiger partial charge on any atom is -0.490 e. The van der Waals surface area contributed by atoms with Crippen LogP contribution in [0.2, 0.25) is 10.0 Å². The summed E-state index contributed by atoms with van der Waals surface area (Å²) in [6.07, 6.45) is 3.77. The first-order valence-electron chi connectivity index (χ1n) is 8.74. The molecule has 1 aliphatic heterocycles. The van der Waals surface area contributed by atoms with Crippen molar-refractivity contribution in [2.24, 2.45) is 11.7 Å². The Hall–Kier alpha value is -2.42. The molecule has 2 aromatic rings. The quantitative estimate of drug-likeness (QED) is 0.398. The second-order valence-corrected chi connectivity index (χ2v) is 7.52. The maximum Gasteiger partial charge on any atom is 0.149 e. The van der Waals surface area contributed by atoms with Crippen LogP contribution in [0.15, 0.2) is 24.8 Å². The van der Waals surface area contributed by atoms with Crippen molar-refractivity contribution in [1.82, 2.24) is 4.98 Å². The van der Waals surface area contributed by atoms with E-state index in [2.05, 4.69) is 25.3 Å². The van der Waals surface area contributed by atoms with Crippen LogP contribution < -0.4 is 10.5 Å². The second-order valence-electron chi connectivity index (χ2n) is 6.77. The molecule has 4 nitrogen and oxygen atoms in total. The Morgan fingerprint density at radius 2 is 2.04 bits per heavy atom. The third-order valence-electron chi connectivity index (χ3n) is 4.76. The zero-order chi connectivity index (χ0) is 20.4. The number of aliphatic hydroxyl groups excluding tert-OH is 1. The van der Waals surface area contributed by atoms with Crippen molar-refractivity contribution in [2.75, 3.05) is 6.61 Å². The summed E-state index contributed by atoms with van der Waals surface area (Å²) >= 11 is 12.3. The molecule has 1 fully saturated rings. The van der Waals surface area contributed by atoms with Gasteiger partial charge in [-0.15, -0.1) is 0 Å². The average Bonchev–Trinajstić information content (AvgIpc) is 3.49. The molecule has 7 heteroatoms. The van der Waals surface area contributed by atoms with Crippen LogP contribution >= 0.6 is 23.2 Å². The van der Waals surface area contributed by atoms with Crippen LogP contribution in [0.25, 0.3) is 16.8 Å². The predicted octanol–water partition coefficient (Wildman–Crippen LogP) is 5.35. The lowest BCUT2D eigenvalue weighted by atomic mass is 9.97. The van der Waals surface area contributed by atoms with Crippen molar-refractivity contribution in [3.05, 3.63) is 51.9 Å². The number of aliphatic hydroxyl groups is 1. The van der Waals surface area contributed by atoms with Crippen LogP contribution in [0.4, 0.5) is 4.39 Å². The lowest BCUT2D eigenvalue weighted by molar-refractivity contribution is 0.337. The number of benzene rings is 1. The van der Waals surface area contributed by atoms with E-state index in [9.17, 15) is 4.39 Å². The highest BCUT2D eigenvalue weighted by atomic mass is 35.5. The highest BCUT2D eigenvalue weighted by Crippen LogP contribution is 2.47. The average molecular weight is 421 g/mol. The lowest BCUT2D eigenvalue weighted by Crippen LogP contribution is -1.98. The standard InChI is InChI=1S/C19H16Cl2FNO.C2H3NO/c1-9-8-24-19-13(9)7-15(10(2)11-3-4-11)23-18(19)12-5-6-14(22)17(21)16(12)20;3-1-2-4/h5-7,9,11H,2-4,8H2,1H3;4H,3H2. The van der Waals surface area contributed by atoms with Gasteiger partial charge < -0.3 is 15.6 Å². The van der Waals surface area contributed by atoms with E-state index in [1.807, 2.05) is 0 Å². The van der Waals surface area contributed by atoms with Gasteiger partial charge in [-0.2, -0.15) is 0 Å². The number of ether oxygens (including phenoxy) is 1. The van der Waals surface area contributed by atoms with Crippen molar-refractivity contribution >= 4 is 28.8 Å². The number of rotatable bonds is 3. The van der Waals surface area contributed by atoms with Gasteiger partial charge in [0.05, 0.1) is 22.3 Å². The lowest BCUT2D eigenvalue weighted by Gasteiger charge is -2.14. The van der Waals surface area contributed by atoms with E-state index < -0.39 is 5.82 Å². The van der Waals surface area contributed by atoms with Gasteiger partial charge in [0.25, 0.3) is 0 Å². The number of nitrogens with zero attached hydrogens (tertiary/aromatic N) is 1. The van der Waals surface area contributed by atoms with E-state index in [1.54, 1.807) is 12.1 Å².